The predicted molar refractivity (Wildman–Crippen MR) is 71.6 cm³/mol. The van der Waals surface area contributed by atoms with E-state index in [4.69, 9.17) is 15.6 Å². The fraction of sp³-hybridized carbons (Fsp3) is 0.818. The number of hydrogen-bond donors (Lipinski definition) is 3. The maximum absolute atomic E-state index is 11.6. The Labute approximate surface area is 112 Å². The number of rotatable bonds is 8. The van der Waals surface area contributed by atoms with E-state index in [0.29, 0.717) is 6.61 Å². The highest BCUT2D eigenvalue weighted by molar-refractivity contribution is 8.01. The molecule has 0 aromatic heterocycles. The minimum atomic E-state index is -1.07. The molecule has 0 spiro atoms. The van der Waals surface area contributed by atoms with Crippen LogP contribution in [0.3, 0.4) is 0 Å². The smallest absolute Gasteiger partial charge is 0.321 e. The molecule has 0 fully saturated rings. The van der Waals surface area contributed by atoms with Crippen molar-refractivity contribution >= 4 is 23.6 Å². The van der Waals surface area contributed by atoms with E-state index in [2.05, 4.69) is 5.32 Å². The van der Waals surface area contributed by atoms with Crippen LogP contribution in [-0.4, -0.2) is 53.3 Å². The summed E-state index contributed by atoms with van der Waals surface area (Å²) in [7, 11) is 1.56. The Morgan fingerprint density at radius 1 is 1.50 bits per heavy atom. The van der Waals surface area contributed by atoms with Gasteiger partial charge in [-0.2, -0.15) is 0 Å². The summed E-state index contributed by atoms with van der Waals surface area (Å²) in [6.07, 6.45) is 0. The number of carbonyl (C=O) groups excluding carboxylic acids is 1. The number of carboxylic acids is 1. The second-order valence-electron chi connectivity index (χ2n) is 4.63. The van der Waals surface area contributed by atoms with Crippen LogP contribution >= 0.6 is 11.8 Å². The Balaban J connectivity index is 4.15. The first-order chi connectivity index (χ1) is 8.20. The summed E-state index contributed by atoms with van der Waals surface area (Å²) in [5.74, 6) is -1.06. The lowest BCUT2D eigenvalue weighted by Crippen LogP contribution is -2.47. The molecule has 0 saturated heterocycles. The number of hydrogen-bond acceptors (Lipinski definition) is 5. The summed E-state index contributed by atoms with van der Waals surface area (Å²) in [4.78, 5) is 22.4. The second kappa shape index (κ2) is 7.60. The first kappa shape index (κ1) is 17.2. The number of nitrogens with one attached hydrogen (secondary N) is 1. The van der Waals surface area contributed by atoms with Crippen LogP contribution in [0.25, 0.3) is 0 Å². The van der Waals surface area contributed by atoms with Gasteiger partial charge in [-0.1, -0.05) is 0 Å². The molecule has 0 aliphatic heterocycles. The van der Waals surface area contributed by atoms with Crippen molar-refractivity contribution in [1.29, 1.82) is 0 Å². The first-order valence-corrected chi connectivity index (χ1v) is 6.60. The van der Waals surface area contributed by atoms with E-state index in [0.717, 1.165) is 0 Å². The average Bonchev–Trinajstić information content (AvgIpc) is 2.25. The second-order valence-corrected chi connectivity index (χ2v) is 6.26. The van der Waals surface area contributed by atoms with Gasteiger partial charge in [0, 0.05) is 17.9 Å². The highest BCUT2D eigenvalue weighted by Gasteiger charge is 2.33. The third kappa shape index (κ3) is 6.23. The van der Waals surface area contributed by atoms with Crippen LogP contribution < -0.4 is 11.1 Å². The summed E-state index contributed by atoms with van der Waals surface area (Å²) in [6.45, 7) is 5.69. The van der Waals surface area contributed by atoms with E-state index in [1.807, 2.05) is 6.92 Å². The molecule has 1 amide bonds. The van der Waals surface area contributed by atoms with Gasteiger partial charge in [-0.05, 0) is 20.8 Å². The molecule has 0 aromatic carbocycles. The van der Waals surface area contributed by atoms with Crippen molar-refractivity contribution in [2.75, 3.05) is 19.5 Å². The number of amides is 1. The third-order valence-electron chi connectivity index (χ3n) is 2.41. The molecule has 0 radical (unpaired) electrons. The summed E-state index contributed by atoms with van der Waals surface area (Å²) < 4.78 is 4.20. The zero-order chi connectivity index (χ0) is 14.3. The van der Waals surface area contributed by atoms with Gasteiger partial charge in [0.2, 0.25) is 5.91 Å². The molecule has 0 saturated carbocycles. The maximum Gasteiger partial charge on any atom is 0.321 e. The normalized spacial score (nSPS) is 14.9. The fourth-order valence-electron chi connectivity index (χ4n) is 1.25. The quantitative estimate of drug-likeness (QED) is 0.580. The number of carboxylic acid groups (broad SMARTS) is 1. The fourth-order valence-corrected chi connectivity index (χ4v) is 2.11. The molecule has 6 nitrogen and oxygen atoms in total. The number of ether oxygens (including phenoxy) is 1. The van der Waals surface area contributed by atoms with Gasteiger partial charge in [0.05, 0.1) is 12.4 Å². The minimum Gasteiger partial charge on any atom is -0.480 e. The van der Waals surface area contributed by atoms with Gasteiger partial charge in [0.25, 0.3) is 0 Å². The molecule has 0 bridgehead atoms. The summed E-state index contributed by atoms with van der Waals surface area (Å²) >= 11 is 1.22. The summed E-state index contributed by atoms with van der Waals surface area (Å²) in [5, 5.41) is 11.6. The molecule has 4 N–H and O–H groups in total. The van der Waals surface area contributed by atoms with Crippen molar-refractivity contribution in [3.63, 3.8) is 0 Å². The molecule has 7 heteroatoms. The molecule has 18 heavy (non-hydrogen) atoms. The van der Waals surface area contributed by atoms with Crippen LogP contribution in [-0.2, 0) is 14.3 Å². The van der Waals surface area contributed by atoms with Crippen LogP contribution in [0.2, 0.25) is 0 Å². The van der Waals surface area contributed by atoms with Crippen molar-refractivity contribution in [2.24, 2.45) is 5.73 Å². The van der Waals surface area contributed by atoms with E-state index in [-0.39, 0.29) is 17.7 Å². The first-order valence-electron chi connectivity index (χ1n) is 5.61. The molecule has 2 atom stereocenters. The number of methoxy groups -OCH3 is 1. The van der Waals surface area contributed by atoms with Crippen LogP contribution in [0.5, 0.6) is 0 Å². The molecular weight excluding hydrogens is 256 g/mol. The largest absolute Gasteiger partial charge is 0.480 e. The van der Waals surface area contributed by atoms with E-state index in [1.165, 1.54) is 11.8 Å². The van der Waals surface area contributed by atoms with E-state index in [9.17, 15) is 9.59 Å². The Morgan fingerprint density at radius 3 is 2.50 bits per heavy atom. The van der Waals surface area contributed by atoms with Gasteiger partial charge >= 0.3 is 5.97 Å². The molecule has 1 unspecified atom stereocenters. The SMILES string of the molecule is COCC(C)NC(=O)CSC(C)(C)[C@@H](N)C(=O)O. The monoisotopic (exact) mass is 278 g/mol. The Morgan fingerprint density at radius 2 is 2.06 bits per heavy atom. The average molecular weight is 278 g/mol. The Kier molecular flexibility index (Phi) is 7.27. The predicted octanol–water partition coefficient (Wildman–Crippen LogP) is 0.0612. The molecule has 106 valence electrons. The van der Waals surface area contributed by atoms with Crippen LogP contribution in [0.1, 0.15) is 20.8 Å². The van der Waals surface area contributed by atoms with Crippen molar-refractivity contribution < 1.29 is 19.4 Å². The van der Waals surface area contributed by atoms with Gasteiger partial charge in [-0.25, -0.2) is 0 Å². The van der Waals surface area contributed by atoms with Gasteiger partial charge in [0.1, 0.15) is 6.04 Å². The molecule has 0 heterocycles. The van der Waals surface area contributed by atoms with Crippen LogP contribution in [0, 0.1) is 0 Å². The highest BCUT2D eigenvalue weighted by Crippen LogP contribution is 2.27. The third-order valence-corrected chi connectivity index (χ3v) is 3.82. The maximum atomic E-state index is 11.6. The lowest BCUT2D eigenvalue weighted by atomic mass is 10.1. The molecular formula is C11H22N2O4S. The summed E-state index contributed by atoms with van der Waals surface area (Å²) in [5.41, 5.74) is 5.56. The van der Waals surface area contributed by atoms with Crippen molar-refractivity contribution in [3.8, 4) is 0 Å². The minimum absolute atomic E-state index is 0.0700. The van der Waals surface area contributed by atoms with Crippen molar-refractivity contribution in [2.45, 2.75) is 37.6 Å². The Hall–Kier alpha value is -0.790. The lowest BCUT2D eigenvalue weighted by Gasteiger charge is -2.27. The lowest BCUT2D eigenvalue weighted by molar-refractivity contribution is -0.139. The molecule has 0 aliphatic rings. The standard InChI is InChI=1S/C11H22N2O4S/c1-7(5-17-4)13-8(14)6-18-11(2,3)9(12)10(15)16/h7,9H,5-6,12H2,1-4H3,(H,13,14)(H,15,16)/t7?,9-/m0/s1. The van der Waals surface area contributed by atoms with Crippen LogP contribution in [0.15, 0.2) is 0 Å². The van der Waals surface area contributed by atoms with Gasteiger partial charge in [0.15, 0.2) is 0 Å². The zero-order valence-corrected chi connectivity index (χ0v) is 12.0. The zero-order valence-electron chi connectivity index (χ0n) is 11.2. The van der Waals surface area contributed by atoms with E-state index >= 15 is 0 Å². The number of nitrogens with two attached hydrogens (primary N) is 1. The van der Waals surface area contributed by atoms with Gasteiger partial charge in [-0.15, -0.1) is 11.8 Å². The van der Waals surface area contributed by atoms with Gasteiger partial charge < -0.3 is 20.9 Å². The number of carbonyl (C=O) groups is 2. The van der Waals surface area contributed by atoms with E-state index < -0.39 is 16.8 Å². The number of aliphatic carboxylic acids is 1. The van der Waals surface area contributed by atoms with Crippen LogP contribution in [0.4, 0.5) is 0 Å². The molecule has 0 rings (SSSR count). The topological polar surface area (TPSA) is 102 Å². The molecule has 0 aromatic rings. The number of thioether (sulfide) groups is 1. The molecule has 0 aliphatic carbocycles. The van der Waals surface area contributed by atoms with Gasteiger partial charge in [-0.3, -0.25) is 9.59 Å². The van der Waals surface area contributed by atoms with E-state index in [1.54, 1.807) is 21.0 Å². The highest BCUT2D eigenvalue weighted by atomic mass is 32.2. The Bertz CT molecular complexity index is 297. The van der Waals surface area contributed by atoms with Crippen molar-refractivity contribution in [3.05, 3.63) is 0 Å². The summed E-state index contributed by atoms with van der Waals surface area (Å²) in [6, 6.07) is -1.08. The van der Waals surface area contributed by atoms with Crippen molar-refractivity contribution in [1.82, 2.24) is 5.32 Å².